The molecule has 4 aromatic rings. The largest absolute Gasteiger partial charge is 0.385 e. The van der Waals surface area contributed by atoms with Crippen molar-refractivity contribution in [1.82, 2.24) is 4.98 Å². The zero-order chi connectivity index (χ0) is 21.3. The molecule has 4 nitrogen and oxygen atoms in total. The zero-order valence-corrected chi connectivity index (χ0v) is 17.6. The van der Waals surface area contributed by atoms with E-state index >= 15 is 0 Å². The number of hydrogen-bond acceptors (Lipinski definition) is 1. The summed E-state index contributed by atoms with van der Waals surface area (Å²) in [5.74, 6) is 0.669. The van der Waals surface area contributed by atoms with Crippen molar-refractivity contribution in [3.05, 3.63) is 94.2 Å². The van der Waals surface area contributed by atoms with Gasteiger partial charge >= 0.3 is 0 Å². The van der Waals surface area contributed by atoms with Gasteiger partial charge in [-0.1, -0.05) is 54.6 Å². The van der Waals surface area contributed by atoms with E-state index in [1.807, 2.05) is 13.0 Å². The maximum absolute atomic E-state index is 6.44. The third-order valence-electron chi connectivity index (χ3n) is 7.03. The van der Waals surface area contributed by atoms with Crippen LogP contribution in [0, 0.1) is 0 Å². The molecule has 31 heavy (non-hydrogen) atoms. The first-order valence-corrected chi connectivity index (χ1v) is 10.6. The second-order valence-corrected chi connectivity index (χ2v) is 8.33. The Labute approximate surface area is 180 Å². The van der Waals surface area contributed by atoms with Gasteiger partial charge in [0.2, 0.25) is 5.52 Å². The molecule has 0 saturated heterocycles. The van der Waals surface area contributed by atoms with Gasteiger partial charge < -0.3 is 10.7 Å². The quantitative estimate of drug-likeness (QED) is 0.439. The lowest BCUT2D eigenvalue weighted by Gasteiger charge is -2.30. The van der Waals surface area contributed by atoms with Crippen molar-refractivity contribution in [3.8, 4) is 11.1 Å². The lowest BCUT2D eigenvalue weighted by molar-refractivity contribution is -0.343. The van der Waals surface area contributed by atoms with E-state index in [0.29, 0.717) is 5.82 Å². The van der Waals surface area contributed by atoms with Gasteiger partial charge in [-0.15, -0.1) is 0 Å². The Hall–Kier alpha value is -3.92. The molecule has 1 unspecified atom stereocenters. The SMILES string of the molecule is CC=Cc1c(N)[nH]c2c3c(c[nH+]c12)-c1ccccc1C31C(C)=C(C=[NH2+])c2ccccc21. The van der Waals surface area contributed by atoms with Crippen LogP contribution in [0.3, 0.4) is 0 Å². The Morgan fingerprint density at radius 1 is 1.00 bits per heavy atom. The molecule has 6 N–H and O–H groups in total. The van der Waals surface area contributed by atoms with Crippen molar-refractivity contribution < 1.29 is 10.4 Å². The van der Waals surface area contributed by atoms with Crippen LogP contribution in [0.5, 0.6) is 0 Å². The Morgan fingerprint density at radius 3 is 2.39 bits per heavy atom. The van der Waals surface area contributed by atoms with Gasteiger partial charge in [0, 0.05) is 11.1 Å². The van der Waals surface area contributed by atoms with E-state index in [0.717, 1.165) is 22.2 Å². The van der Waals surface area contributed by atoms with Crippen LogP contribution >= 0.6 is 0 Å². The summed E-state index contributed by atoms with van der Waals surface area (Å²) in [4.78, 5) is 7.04. The number of allylic oxidation sites excluding steroid dienone is 3. The summed E-state index contributed by atoms with van der Waals surface area (Å²) in [7, 11) is 0. The van der Waals surface area contributed by atoms with Gasteiger partial charge in [0.1, 0.15) is 11.3 Å². The first-order chi connectivity index (χ1) is 15.1. The number of hydrogen-bond donors (Lipinski definition) is 3. The van der Waals surface area contributed by atoms with Gasteiger partial charge in [-0.2, -0.15) is 0 Å². The van der Waals surface area contributed by atoms with Gasteiger partial charge in [0.15, 0.2) is 12.4 Å². The van der Waals surface area contributed by atoms with Gasteiger partial charge in [-0.25, -0.2) is 4.98 Å². The molecule has 0 amide bonds. The lowest BCUT2D eigenvalue weighted by Crippen LogP contribution is -2.30. The molecule has 1 spiro atoms. The van der Waals surface area contributed by atoms with Crippen LogP contribution in [0.2, 0.25) is 0 Å². The number of benzene rings is 2. The molecule has 2 aliphatic carbocycles. The van der Waals surface area contributed by atoms with Crippen LogP contribution < -0.4 is 16.1 Å². The number of H-pyrrole nitrogens is 2. The molecular weight excluding hydrogens is 380 g/mol. The van der Waals surface area contributed by atoms with Crippen LogP contribution in [-0.2, 0) is 5.41 Å². The zero-order valence-electron chi connectivity index (χ0n) is 17.6. The van der Waals surface area contributed by atoms with Crippen LogP contribution in [-0.4, -0.2) is 11.2 Å². The van der Waals surface area contributed by atoms with E-state index in [1.165, 1.54) is 39.0 Å². The maximum Gasteiger partial charge on any atom is 0.238 e. The highest BCUT2D eigenvalue weighted by atomic mass is 14.9. The number of aromatic amines is 2. The molecule has 1 atom stereocenters. The monoisotopic (exact) mass is 404 g/mol. The van der Waals surface area contributed by atoms with Crippen molar-refractivity contribution in [2.24, 2.45) is 0 Å². The number of aromatic nitrogens is 2. The number of nitrogens with two attached hydrogens (primary N) is 2. The number of fused-ring (bicyclic) bond motifs is 9. The number of anilines is 1. The molecule has 0 saturated carbocycles. The number of nitrogens with one attached hydrogen (secondary N) is 2. The normalized spacial score (nSPS) is 18.8. The van der Waals surface area contributed by atoms with E-state index in [4.69, 9.17) is 11.1 Å². The first-order valence-electron chi connectivity index (χ1n) is 10.6. The minimum Gasteiger partial charge on any atom is -0.385 e. The van der Waals surface area contributed by atoms with Crippen molar-refractivity contribution in [1.29, 1.82) is 0 Å². The summed E-state index contributed by atoms with van der Waals surface area (Å²) < 4.78 is 0. The molecular formula is C27H24N4+2. The molecule has 0 radical (unpaired) electrons. The first kappa shape index (κ1) is 17.9. The fraction of sp³-hybridized carbons (Fsp3) is 0.111. The molecule has 150 valence electrons. The fourth-order valence-electron chi connectivity index (χ4n) is 5.88. The van der Waals surface area contributed by atoms with E-state index in [1.54, 1.807) is 6.21 Å². The fourth-order valence-corrected chi connectivity index (χ4v) is 5.88. The van der Waals surface area contributed by atoms with E-state index in [9.17, 15) is 0 Å². The topological polar surface area (TPSA) is 81.5 Å². The molecule has 2 heterocycles. The minimum absolute atomic E-state index is 0.411. The molecule has 2 aliphatic rings. The van der Waals surface area contributed by atoms with Crippen LogP contribution in [0.25, 0.3) is 33.8 Å². The third kappa shape index (κ3) is 1.95. The number of nitrogen functional groups attached to an aromatic ring is 1. The van der Waals surface area contributed by atoms with Crippen molar-refractivity contribution in [3.63, 3.8) is 0 Å². The third-order valence-corrected chi connectivity index (χ3v) is 7.03. The van der Waals surface area contributed by atoms with Gasteiger partial charge in [-0.3, -0.25) is 5.41 Å². The maximum atomic E-state index is 6.44. The summed E-state index contributed by atoms with van der Waals surface area (Å²) >= 11 is 0. The van der Waals surface area contributed by atoms with Gasteiger partial charge in [-0.05, 0) is 47.8 Å². The molecule has 0 bridgehead atoms. The minimum atomic E-state index is -0.411. The van der Waals surface area contributed by atoms with E-state index < -0.39 is 5.41 Å². The second-order valence-electron chi connectivity index (χ2n) is 8.33. The smallest absolute Gasteiger partial charge is 0.238 e. The highest BCUT2D eigenvalue weighted by molar-refractivity contribution is 6.14. The van der Waals surface area contributed by atoms with Crippen molar-refractivity contribution in [2.45, 2.75) is 19.3 Å². The summed E-state index contributed by atoms with van der Waals surface area (Å²) in [5.41, 5.74) is 18.9. The molecule has 2 aromatic heterocycles. The number of pyridine rings is 1. The summed E-state index contributed by atoms with van der Waals surface area (Å²) in [6.07, 6.45) is 7.95. The Kier molecular flexibility index (Phi) is 3.49. The summed E-state index contributed by atoms with van der Waals surface area (Å²) in [6.45, 7) is 4.22. The average molecular weight is 405 g/mol. The Bertz CT molecular complexity index is 1480. The molecule has 4 heteroatoms. The predicted octanol–water partition coefficient (Wildman–Crippen LogP) is 3.53. The molecule has 2 aromatic carbocycles. The van der Waals surface area contributed by atoms with Crippen LogP contribution in [0.4, 0.5) is 5.82 Å². The summed E-state index contributed by atoms with van der Waals surface area (Å²) in [6, 6.07) is 17.3. The lowest BCUT2D eigenvalue weighted by atomic mass is 9.70. The molecule has 0 fully saturated rings. The highest BCUT2D eigenvalue weighted by Gasteiger charge is 2.53. The Morgan fingerprint density at radius 2 is 1.68 bits per heavy atom. The standard InChI is InChI=1S/C27H22N4/c1-3-8-18-24-25(31-26(18)29)23-20(14-30-24)17-10-5-7-12-22(17)27(23)15(2)19(13-28)16-9-4-6-11-21(16)27/h3-14,28,31H,29H2,1-2H3/p+2. The van der Waals surface area contributed by atoms with Crippen LogP contribution in [0.15, 0.2) is 66.4 Å². The van der Waals surface area contributed by atoms with Gasteiger partial charge in [0.25, 0.3) is 0 Å². The average Bonchev–Trinajstić information content (AvgIpc) is 3.36. The second kappa shape index (κ2) is 6.05. The Balaban J connectivity index is 1.87. The summed E-state index contributed by atoms with van der Waals surface area (Å²) in [5, 5.41) is 6.18. The van der Waals surface area contributed by atoms with Gasteiger partial charge in [0.05, 0.1) is 16.5 Å². The predicted molar refractivity (Wildman–Crippen MR) is 126 cm³/mol. The van der Waals surface area contributed by atoms with E-state index in [-0.39, 0.29) is 0 Å². The van der Waals surface area contributed by atoms with Crippen molar-refractivity contribution >= 4 is 34.7 Å². The van der Waals surface area contributed by atoms with Crippen LogP contribution in [0.1, 0.15) is 41.7 Å². The van der Waals surface area contributed by atoms with E-state index in [2.05, 4.69) is 77.7 Å². The number of rotatable bonds is 2. The molecule has 6 rings (SSSR count). The highest BCUT2D eigenvalue weighted by Crippen LogP contribution is 2.62. The van der Waals surface area contributed by atoms with Crippen molar-refractivity contribution in [2.75, 3.05) is 5.73 Å². The molecule has 0 aliphatic heterocycles.